The smallest absolute Gasteiger partial charge is 0.0715 e. The van der Waals surface area contributed by atoms with E-state index in [1.165, 1.54) is 56.8 Å². The standard InChI is InChI=1S/C14H32P.C8H8O3/c1-5-9-12-15(8-4,13-10-6-2)14-11-7-3;9-5-6-2-1-3-7(4-6)8(10)11/h5-14H2,1-4H3;1-4,9H,5H2,(H,10,11)/q+1;/p-1. The molecule has 1 aromatic rings. The Morgan fingerprint density at radius 2 is 1.46 bits per heavy atom. The molecule has 0 bridgehead atoms. The Balaban J connectivity index is 0.000000502. The van der Waals surface area contributed by atoms with Crippen LogP contribution in [0.1, 0.15) is 82.1 Å². The first-order chi connectivity index (χ1) is 12.5. The molecule has 0 spiro atoms. The number of benzene rings is 1. The van der Waals surface area contributed by atoms with Gasteiger partial charge in [-0.2, -0.15) is 0 Å². The molecule has 0 aromatic heterocycles. The third-order valence-corrected chi connectivity index (χ3v) is 10.1. The van der Waals surface area contributed by atoms with E-state index in [-0.39, 0.29) is 12.2 Å². The zero-order valence-corrected chi connectivity index (χ0v) is 18.2. The molecule has 0 unspecified atom stereocenters. The van der Waals surface area contributed by atoms with Gasteiger partial charge in [0.05, 0.1) is 37.2 Å². The van der Waals surface area contributed by atoms with Crippen molar-refractivity contribution in [2.24, 2.45) is 0 Å². The fourth-order valence-electron chi connectivity index (χ4n) is 3.09. The molecule has 0 atom stereocenters. The normalized spacial score (nSPS) is 11.0. The van der Waals surface area contributed by atoms with E-state index in [2.05, 4.69) is 27.7 Å². The van der Waals surface area contributed by atoms with Crippen LogP contribution in [0.2, 0.25) is 0 Å². The van der Waals surface area contributed by atoms with E-state index in [9.17, 15) is 9.90 Å². The summed E-state index contributed by atoms with van der Waals surface area (Å²) >= 11 is 0. The number of carboxylic acids is 1. The van der Waals surface area contributed by atoms with Crippen molar-refractivity contribution in [3.63, 3.8) is 0 Å². The van der Waals surface area contributed by atoms with Crippen LogP contribution in [0.25, 0.3) is 0 Å². The Bertz CT molecular complexity index is 466. The Hall–Kier alpha value is -0.920. The number of carbonyl (C=O) groups excluding carboxylic acids is 1. The SMILES string of the molecule is CCCC[P+](CC)(CCCC)CCCC.O=C([O-])c1cccc(CO)c1. The van der Waals surface area contributed by atoms with Crippen molar-refractivity contribution in [3.05, 3.63) is 35.4 Å². The van der Waals surface area contributed by atoms with Crippen molar-refractivity contribution < 1.29 is 15.0 Å². The van der Waals surface area contributed by atoms with E-state index >= 15 is 0 Å². The molecule has 0 saturated heterocycles. The topological polar surface area (TPSA) is 60.4 Å². The van der Waals surface area contributed by atoms with Crippen LogP contribution in [0.5, 0.6) is 0 Å². The quantitative estimate of drug-likeness (QED) is 0.519. The summed E-state index contributed by atoms with van der Waals surface area (Å²) in [6, 6.07) is 6.02. The summed E-state index contributed by atoms with van der Waals surface area (Å²) in [5.41, 5.74) is 0.670. The highest BCUT2D eigenvalue weighted by Crippen LogP contribution is 2.60. The average molecular weight is 383 g/mol. The van der Waals surface area contributed by atoms with Gasteiger partial charge in [0.2, 0.25) is 0 Å². The van der Waals surface area contributed by atoms with Gasteiger partial charge in [0.15, 0.2) is 0 Å². The highest BCUT2D eigenvalue weighted by atomic mass is 31.2. The van der Waals surface area contributed by atoms with Crippen molar-refractivity contribution in [2.45, 2.75) is 72.8 Å². The molecule has 0 aliphatic carbocycles. The molecule has 0 aliphatic heterocycles. The Morgan fingerprint density at radius 1 is 0.962 bits per heavy atom. The van der Waals surface area contributed by atoms with E-state index in [1.807, 2.05) is 0 Å². The second kappa shape index (κ2) is 15.2. The molecule has 0 aliphatic rings. The van der Waals surface area contributed by atoms with Crippen molar-refractivity contribution in [3.8, 4) is 0 Å². The van der Waals surface area contributed by atoms with Crippen molar-refractivity contribution in [1.82, 2.24) is 0 Å². The molecular formula is C22H39O3P. The Labute approximate surface area is 161 Å². The van der Waals surface area contributed by atoms with Gasteiger partial charge in [0.1, 0.15) is 0 Å². The zero-order chi connectivity index (χ0) is 19.8. The number of carboxylic acid groups (broad SMARTS) is 1. The summed E-state index contributed by atoms with van der Waals surface area (Å²) in [4.78, 5) is 10.3. The van der Waals surface area contributed by atoms with Crippen LogP contribution in [0.15, 0.2) is 24.3 Å². The van der Waals surface area contributed by atoms with E-state index in [0.717, 1.165) is 0 Å². The first-order valence-electron chi connectivity index (χ1n) is 10.2. The van der Waals surface area contributed by atoms with Gasteiger partial charge in [-0.1, -0.05) is 58.2 Å². The Morgan fingerprint density at radius 3 is 1.81 bits per heavy atom. The summed E-state index contributed by atoms with van der Waals surface area (Å²) in [6.45, 7) is 9.31. The predicted octanol–water partition coefficient (Wildman–Crippen LogP) is 4.97. The van der Waals surface area contributed by atoms with Crippen LogP contribution in [0.3, 0.4) is 0 Å². The lowest BCUT2D eigenvalue weighted by molar-refractivity contribution is -0.255. The number of rotatable bonds is 12. The number of aliphatic hydroxyl groups is 1. The minimum absolute atomic E-state index is 0.0940. The maximum atomic E-state index is 10.3. The molecule has 26 heavy (non-hydrogen) atoms. The van der Waals surface area contributed by atoms with Crippen molar-refractivity contribution >= 4 is 13.2 Å². The molecule has 4 heteroatoms. The summed E-state index contributed by atoms with van der Waals surface area (Å²) < 4.78 is 0. The molecule has 1 N–H and O–H groups in total. The van der Waals surface area contributed by atoms with Crippen LogP contribution in [-0.2, 0) is 6.61 Å². The zero-order valence-electron chi connectivity index (χ0n) is 17.3. The van der Waals surface area contributed by atoms with Gasteiger partial charge in [-0.15, -0.1) is 0 Å². The summed E-state index contributed by atoms with van der Waals surface area (Å²) in [5, 5.41) is 18.9. The lowest BCUT2D eigenvalue weighted by Crippen LogP contribution is -2.22. The van der Waals surface area contributed by atoms with Crippen LogP contribution in [-0.4, -0.2) is 35.7 Å². The number of carbonyl (C=O) groups is 1. The fourth-order valence-corrected chi connectivity index (χ4v) is 7.67. The highest BCUT2D eigenvalue weighted by Gasteiger charge is 2.32. The minimum atomic E-state index is -1.22. The van der Waals surface area contributed by atoms with Crippen LogP contribution >= 0.6 is 7.26 Å². The minimum Gasteiger partial charge on any atom is -0.545 e. The molecule has 150 valence electrons. The van der Waals surface area contributed by atoms with Crippen molar-refractivity contribution in [1.29, 1.82) is 0 Å². The molecule has 0 radical (unpaired) electrons. The van der Waals surface area contributed by atoms with Crippen LogP contribution < -0.4 is 5.11 Å². The van der Waals surface area contributed by atoms with Crippen LogP contribution in [0.4, 0.5) is 0 Å². The number of hydrogen-bond acceptors (Lipinski definition) is 3. The van der Waals surface area contributed by atoms with E-state index in [1.54, 1.807) is 30.6 Å². The lowest BCUT2D eigenvalue weighted by atomic mass is 10.1. The van der Waals surface area contributed by atoms with Gasteiger partial charge in [0.25, 0.3) is 0 Å². The Kier molecular flexibility index (Phi) is 14.6. The van der Waals surface area contributed by atoms with Gasteiger partial charge in [-0.25, -0.2) is 0 Å². The van der Waals surface area contributed by atoms with E-state index < -0.39 is 13.2 Å². The number of aromatic carboxylic acids is 1. The second-order valence-corrected chi connectivity index (χ2v) is 11.7. The molecule has 1 aromatic carbocycles. The van der Waals surface area contributed by atoms with Gasteiger partial charge >= 0.3 is 0 Å². The third kappa shape index (κ3) is 10.3. The molecule has 0 fully saturated rings. The van der Waals surface area contributed by atoms with Gasteiger partial charge < -0.3 is 15.0 Å². The molecule has 1 rings (SSSR count). The monoisotopic (exact) mass is 382 g/mol. The summed E-state index contributed by atoms with van der Waals surface area (Å²) in [7, 11) is -0.527. The first-order valence-corrected chi connectivity index (χ1v) is 12.8. The maximum absolute atomic E-state index is 10.3. The predicted molar refractivity (Wildman–Crippen MR) is 113 cm³/mol. The van der Waals surface area contributed by atoms with Crippen molar-refractivity contribution in [2.75, 3.05) is 24.6 Å². The summed E-state index contributed by atoms with van der Waals surface area (Å²) in [5.74, 6) is -1.22. The van der Waals surface area contributed by atoms with Gasteiger partial charge in [0, 0.05) is 7.26 Å². The number of unbranched alkanes of at least 4 members (excludes halogenated alkanes) is 3. The van der Waals surface area contributed by atoms with E-state index in [0.29, 0.717) is 5.56 Å². The third-order valence-electron chi connectivity index (χ3n) is 4.97. The number of hydrogen-bond donors (Lipinski definition) is 1. The molecule has 3 nitrogen and oxygen atoms in total. The van der Waals surface area contributed by atoms with Gasteiger partial charge in [-0.05, 0) is 43.4 Å². The maximum Gasteiger partial charge on any atom is 0.0715 e. The number of aliphatic hydroxyl groups excluding tert-OH is 1. The fraction of sp³-hybridized carbons (Fsp3) is 0.682. The highest BCUT2D eigenvalue weighted by molar-refractivity contribution is 7.75. The average Bonchev–Trinajstić information content (AvgIpc) is 2.68. The largest absolute Gasteiger partial charge is 0.545 e. The molecule has 0 saturated carbocycles. The molecular weight excluding hydrogens is 343 g/mol. The molecule has 0 heterocycles. The lowest BCUT2D eigenvalue weighted by Gasteiger charge is -2.26. The van der Waals surface area contributed by atoms with E-state index in [4.69, 9.17) is 5.11 Å². The second-order valence-electron chi connectivity index (χ2n) is 7.04. The first kappa shape index (κ1) is 25.1. The molecule has 0 amide bonds. The van der Waals surface area contributed by atoms with Gasteiger partial charge in [-0.3, -0.25) is 0 Å². The van der Waals surface area contributed by atoms with Crippen LogP contribution in [0, 0.1) is 0 Å². The summed E-state index contributed by atoms with van der Waals surface area (Å²) in [6.07, 6.45) is 14.9.